The highest BCUT2D eigenvalue weighted by Crippen LogP contribution is 2.24. The second-order valence-corrected chi connectivity index (χ2v) is 7.88. The first-order valence-electron chi connectivity index (χ1n) is 6.81. The molecule has 1 aliphatic heterocycles. The van der Waals surface area contributed by atoms with Gasteiger partial charge in [-0.15, -0.1) is 0 Å². The highest BCUT2D eigenvalue weighted by atomic mass is 35.5. The number of hydrogen-bond donors (Lipinski definition) is 1. The van der Waals surface area contributed by atoms with Crippen molar-refractivity contribution in [1.29, 1.82) is 0 Å². The molecule has 6 heteroatoms. The lowest BCUT2D eigenvalue weighted by atomic mass is 9.99. The topological polar surface area (TPSA) is 49.4 Å². The molecule has 1 aromatic rings. The predicted octanol–water partition coefficient (Wildman–Crippen LogP) is 2.73. The molecule has 1 N–H and O–H groups in total. The largest absolute Gasteiger partial charge is 0.384 e. The zero-order valence-electron chi connectivity index (χ0n) is 11.9. The maximum absolute atomic E-state index is 11.6. The van der Waals surface area contributed by atoms with Crippen molar-refractivity contribution in [3.8, 4) is 0 Å². The first-order valence-corrected chi connectivity index (χ1v) is 9.04. The minimum atomic E-state index is -3.08. The molecule has 112 valence electrons. The number of halogens is 1. The Kier molecular flexibility index (Phi) is 4.94. The molecule has 0 aliphatic carbocycles. The lowest BCUT2D eigenvalue weighted by molar-refractivity contribution is 0.277. The molecule has 0 spiro atoms. The van der Waals surface area contributed by atoms with Gasteiger partial charge in [-0.2, -0.15) is 0 Å². The van der Waals surface area contributed by atoms with E-state index in [4.69, 9.17) is 11.6 Å². The molecule has 1 aliphatic rings. The fourth-order valence-corrected chi connectivity index (χ4v) is 3.76. The molecular formula is C14H21ClN2O2S. The number of anilines is 1. The van der Waals surface area contributed by atoms with Gasteiger partial charge in [0.2, 0.25) is 10.0 Å². The van der Waals surface area contributed by atoms with E-state index in [1.54, 1.807) is 4.31 Å². The maximum Gasteiger partial charge on any atom is 0.211 e. The van der Waals surface area contributed by atoms with Crippen molar-refractivity contribution >= 4 is 27.3 Å². The van der Waals surface area contributed by atoms with E-state index in [0.29, 0.717) is 24.0 Å². The molecule has 1 unspecified atom stereocenters. The second kappa shape index (κ2) is 6.33. The first kappa shape index (κ1) is 15.6. The van der Waals surface area contributed by atoms with Gasteiger partial charge in [0.15, 0.2) is 0 Å². The van der Waals surface area contributed by atoms with Gasteiger partial charge >= 0.3 is 0 Å². The minimum absolute atomic E-state index is 0.329. The monoisotopic (exact) mass is 316 g/mol. The van der Waals surface area contributed by atoms with Crippen LogP contribution in [0.1, 0.15) is 18.4 Å². The zero-order chi connectivity index (χ0) is 14.8. The standard InChI is InChI=1S/C14H21ClN2O2S/c1-11-5-6-14(13(15)8-11)16-9-12-4-3-7-17(10-12)20(2,18)19/h5-6,8,12,16H,3-4,7,9-10H2,1-2H3. The van der Waals surface area contributed by atoms with Crippen LogP contribution in [-0.4, -0.2) is 38.6 Å². The summed E-state index contributed by atoms with van der Waals surface area (Å²) >= 11 is 6.18. The Morgan fingerprint density at radius 1 is 1.45 bits per heavy atom. The Labute approximate surface area is 126 Å². The summed E-state index contributed by atoms with van der Waals surface area (Å²) in [5, 5.41) is 4.04. The molecule has 1 atom stereocenters. The molecule has 0 aromatic heterocycles. The second-order valence-electron chi connectivity index (χ2n) is 5.49. The van der Waals surface area contributed by atoms with Crippen molar-refractivity contribution in [2.24, 2.45) is 5.92 Å². The number of sulfonamides is 1. The van der Waals surface area contributed by atoms with Crippen LogP contribution in [0.4, 0.5) is 5.69 Å². The van der Waals surface area contributed by atoms with Crippen LogP contribution in [0.3, 0.4) is 0 Å². The molecule has 0 amide bonds. The molecule has 1 heterocycles. The van der Waals surface area contributed by atoms with Gasteiger partial charge in [0, 0.05) is 19.6 Å². The Bertz CT molecular complexity index is 575. The van der Waals surface area contributed by atoms with Crippen molar-refractivity contribution in [3.05, 3.63) is 28.8 Å². The van der Waals surface area contributed by atoms with Crippen molar-refractivity contribution in [3.63, 3.8) is 0 Å². The van der Waals surface area contributed by atoms with E-state index < -0.39 is 10.0 Å². The zero-order valence-corrected chi connectivity index (χ0v) is 13.5. The van der Waals surface area contributed by atoms with Gasteiger partial charge in [-0.3, -0.25) is 0 Å². The lowest BCUT2D eigenvalue weighted by Crippen LogP contribution is -2.41. The normalized spacial score (nSPS) is 20.9. The van der Waals surface area contributed by atoms with E-state index in [1.165, 1.54) is 6.26 Å². The van der Waals surface area contributed by atoms with E-state index in [2.05, 4.69) is 5.32 Å². The number of nitrogens with zero attached hydrogens (tertiary/aromatic N) is 1. The Morgan fingerprint density at radius 3 is 2.85 bits per heavy atom. The summed E-state index contributed by atoms with van der Waals surface area (Å²) in [6.45, 7) is 3.98. The summed E-state index contributed by atoms with van der Waals surface area (Å²) in [5.41, 5.74) is 2.04. The molecule has 1 saturated heterocycles. The SMILES string of the molecule is Cc1ccc(NCC2CCCN(S(C)(=O)=O)C2)c(Cl)c1. The van der Waals surface area contributed by atoms with Crippen LogP contribution in [0.5, 0.6) is 0 Å². The summed E-state index contributed by atoms with van der Waals surface area (Å²) in [6.07, 6.45) is 3.24. The van der Waals surface area contributed by atoms with Crippen LogP contribution in [0.15, 0.2) is 18.2 Å². The van der Waals surface area contributed by atoms with E-state index in [1.807, 2.05) is 25.1 Å². The number of piperidine rings is 1. The van der Waals surface area contributed by atoms with Crippen molar-refractivity contribution in [2.75, 3.05) is 31.2 Å². The smallest absolute Gasteiger partial charge is 0.211 e. The van der Waals surface area contributed by atoms with Crippen molar-refractivity contribution in [2.45, 2.75) is 19.8 Å². The highest BCUT2D eigenvalue weighted by molar-refractivity contribution is 7.88. The third-order valence-electron chi connectivity index (χ3n) is 3.66. The first-order chi connectivity index (χ1) is 9.36. The number of aryl methyl sites for hydroxylation is 1. The predicted molar refractivity (Wildman–Crippen MR) is 83.8 cm³/mol. The lowest BCUT2D eigenvalue weighted by Gasteiger charge is -2.31. The van der Waals surface area contributed by atoms with E-state index >= 15 is 0 Å². The Balaban J connectivity index is 1.94. The average molecular weight is 317 g/mol. The Hall–Kier alpha value is -0.780. The molecular weight excluding hydrogens is 296 g/mol. The minimum Gasteiger partial charge on any atom is -0.384 e. The summed E-state index contributed by atoms with van der Waals surface area (Å²) in [6, 6.07) is 5.90. The fraction of sp³-hybridized carbons (Fsp3) is 0.571. The van der Waals surface area contributed by atoms with Gasteiger partial charge in [0.1, 0.15) is 0 Å². The van der Waals surface area contributed by atoms with Crippen LogP contribution in [-0.2, 0) is 10.0 Å². The molecule has 1 fully saturated rings. The van der Waals surface area contributed by atoms with E-state index in [-0.39, 0.29) is 0 Å². The molecule has 1 aromatic carbocycles. The van der Waals surface area contributed by atoms with Crippen molar-refractivity contribution < 1.29 is 8.42 Å². The quantitative estimate of drug-likeness (QED) is 0.929. The number of rotatable bonds is 4. The van der Waals surface area contributed by atoms with E-state index in [0.717, 1.165) is 30.6 Å². The fourth-order valence-electron chi connectivity index (χ4n) is 2.51. The number of benzene rings is 1. The molecule has 2 rings (SSSR count). The van der Waals surface area contributed by atoms with Crippen LogP contribution in [0, 0.1) is 12.8 Å². The maximum atomic E-state index is 11.6. The number of hydrogen-bond acceptors (Lipinski definition) is 3. The van der Waals surface area contributed by atoms with Gasteiger partial charge in [0.25, 0.3) is 0 Å². The van der Waals surface area contributed by atoms with Crippen LogP contribution >= 0.6 is 11.6 Å². The highest BCUT2D eigenvalue weighted by Gasteiger charge is 2.25. The van der Waals surface area contributed by atoms with Gasteiger partial charge in [0.05, 0.1) is 17.0 Å². The molecule has 0 bridgehead atoms. The third kappa shape index (κ3) is 4.11. The van der Waals surface area contributed by atoms with Gasteiger partial charge < -0.3 is 5.32 Å². The summed E-state index contributed by atoms with van der Waals surface area (Å²) in [4.78, 5) is 0. The third-order valence-corrected chi connectivity index (χ3v) is 5.24. The van der Waals surface area contributed by atoms with Gasteiger partial charge in [-0.05, 0) is 43.4 Å². The van der Waals surface area contributed by atoms with Gasteiger partial charge in [-0.25, -0.2) is 12.7 Å². The molecule has 0 saturated carbocycles. The number of nitrogens with one attached hydrogen (secondary N) is 1. The molecule has 20 heavy (non-hydrogen) atoms. The molecule has 0 radical (unpaired) electrons. The van der Waals surface area contributed by atoms with E-state index in [9.17, 15) is 8.42 Å². The average Bonchev–Trinajstić information content (AvgIpc) is 2.37. The van der Waals surface area contributed by atoms with Crippen molar-refractivity contribution in [1.82, 2.24) is 4.31 Å². The molecule has 4 nitrogen and oxygen atoms in total. The summed E-state index contributed by atoms with van der Waals surface area (Å²) in [5.74, 6) is 0.329. The van der Waals surface area contributed by atoms with Crippen LogP contribution in [0.25, 0.3) is 0 Å². The summed E-state index contributed by atoms with van der Waals surface area (Å²) < 4.78 is 24.7. The van der Waals surface area contributed by atoms with Crippen LogP contribution < -0.4 is 5.32 Å². The van der Waals surface area contributed by atoms with Gasteiger partial charge in [-0.1, -0.05) is 17.7 Å². The van der Waals surface area contributed by atoms with Crippen LogP contribution in [0.2, 0.25) is 5.02 Å². The Morgan fingerprint density at radius 2 is 2.20 bits per heavy atom. The summed E-state index contributed by atoms with van der Waals surface area (Å²) in [7, 11) is -3.08.